The van der Waals surface area contributed by atoms with Crippen LogP contribution in [-0.4, -0.2) is 49.5 Å². The molecule has 1 fully saturated rings. The molecule has 146 valence electrons. The number of fused-ring (bicyclic) bond motifs is 1. The Morgan fingerprint density at radius 1 is 1.41 bits per heavy atom. The third-order valence-corrected chi connectivity index (χ3v) is 5.37. The van der Waals surface area contributed by atoms with Gasteiger partial charge in [0.15, 0.2) is 6.04 Å². The van der Waals surface area contributed by atoms with Crippen molar-refractivity contribution in [3.63, 3.8) is 0 Å². The fourth-order valence-corrected chi connectivity index (χ4v) is 3.95. The molecule has 0 aliphatic carbocycles. The molecule has 2 aromatic rings. The van der Waals surface area contributed by atoms with E-state index in [1.807, 2.05) is 6.92 Å². The predicted molar refractivity (Wildman–Crippen MR) is 91.2 cm³/mol. The second kappa shape index (κ2) is 6.58. The Labute approximate surface area is 153 Å². The van der Waals surface area contributed by atoms with Crippen LogP contribution in [0.25, 0.3) is 0 Å². The number of rotatable bonds is 3. The average molecular weight is 382 g/mol. The third-order valence-electron chi connectivity index (χ3n) is 5.37. The Kier molecular flexibility index (Phi) is 4.35. The summed E-state index contributed by atoms with van der Waals surface area (Å²) in [5.74, 6) is 0.152. The lowest BCUT2D eigenvalue weighted by Gasteiger charge is -2.32. The highest BCUT2D eigenvalue weighted by atomic mass is 19.4. The minimum absolute atomic E-state index is 0.0461. The first-order valence-corrected chi connectivity index (χ1v) is 9.11. The van der Waals surface area contributed by atoms with E-state index in [-0.39, 0.29) is 24.4 Å². The van der Waals surface area contributed by atoms with E-state index in [9.17, 15) is 18.0 Å². The number of hydrogen-bond donors (Lipinski definition) is 2. The van der Waals surface area contributed by atoms with E-state index in [0.29, 0.717) is 36.6 Å². The highest BCUT2D eigenvalue weighted by Gasteiger charge is 2.46. The molecule has 2 aromatic heterocycles. The van der Waals surface area contributed by atoms with Gasteiger partial charge in [-0.2, -0.15) is 23.4 Å². The molecule has 0 bridgehead atoms. The van der Waals surface area contributed by atoms with E-state index >= 15 is 0 Å². The van der Waals surface area contributed by atoms with Crippen LogP contribution in [-0.2, 0) is 0 Å². The van der Waals surface area contributed by atoms with Gasteiger partial charge in [0.25, 0.3) is 5.91 Å². The number of aromatic nitrogens is 4. The number of H-pyrrole nitrogens is 1. The van der Waals surface area contributed by atoms with E-state index in [2.05, 4.69) is 20.6 Å². The quantitative estimate of drug-likeness (QED) is 0.854. The van der Waals surface area contributed by atoms with Crippen LogP contribution in [0.15, 0.2) is 18.3 Å². The van der Waals surface area contributed by atoms with Crippen molar-refractivity contribution < 1.29 is 18.0 Å². The molecule has 0 saturated carbocycles. The molecule has 27 heavy (non-hydrogen) atoms. The number of amides is 1. The minimum Gasteiger partial charge on any atom is -0.367 e. The topological polar surface area (TPSA) is 78.8 Å². The summed E-state index contributed by atoms with van der Waals surface area (Å²) in [6.45, 7) is 2.40. The van der Waals surface area contributed by atoms with Crippen molar-refractivity contribution in [1.82, 2.24) is 24.9 Å². The zero-order valence-corrected chi connectivity index (χ0v) is 14.8. The molecule has 1 amide bonds. The molecule has 2 N–H and O–H groups in total. The number of carbonyl (C=O) groups is 1. The number of nitrogens with one attached hydrogen (secondary N) is 2. The minimum atomic E-state index is -4.37. The molecule has 1 saturated heterocycles. The molecule has 0 radical (unpaired) electrons. The number of halogens is 3. The van der Waals surface area contributed by atoms with Crippen molar-refractivity contribution in [3.05, 3.63) is 29.7 Å². The Morgan fingerprint density at radius 2 is 2.22 bits per heavy atom. The summed E-state index contributed by atoms with van der Waals surface area (Å²) < 4.78 is 41.7. The van der Waals surface area contributed by atoms with Crippen LogP contribution in [0.2, 0.25) is 0 Å². The molecule has 4 heterocycles. The molecular formula is C17H21F3N6O. The maximum Gasteiger partial charge on any atom is 0.410 e. The molecular weight excluding hydrogens is 361 g/mol. The van der Waals surface area contributed by atoms with Crippen LogP contribution in [0.4, 0.5) is 19.0 Å². The normalized spacial score (nSPS) is 25.3. The van der Waals surface area contributed by atoms with Gasteiger partial charge in [-0.15, -0.1) is 0 Å². The Hall–Kier alpha value is -2.52. The summed E-state index contributed by atoms with van der Waals surface area (Å²) in [4.78, 5) is 14.3. The maximum atomic E-state index is 13.5. The molecule has 7 nitrogen and oxygen atoms in total. The Bertz CT molecular complexity index is 815. The summed E-state index contributed by atoms with van der Waals surface area (Å²) in [5, 5.41) is 13.9. The third kappa shape index (κ3) is 3.17. The average Bonchev–Trinajstić information content (AvgIpc) is 3.38. The SMILES string of the molecule is CC[C@@H]1C[C@H](C(F)(F)F)n2nc(C3CCCN3C(=O)c3ccn[nH]3)cc2N1. The van der Waals surface area contributed by atoms with Crippen LogP contribution >= 0.6 is 0 Å². The number of aromatic amines is 1. The van der Waals surface area contributed by atoms with Gasteiger partial charge in [0.05, 0.1) is 11.7 Å². The first kappa shape index (κ1) is 17.9. The zero-order valence-electron chi connectivity index (χ0n) is 14.8. The molecule has 10 heteroatoms. The van der Waals surface area contributed by atoms with Gasteiger partial charge < -0.3 is 10.2 Å². The van der Waals surface area contributed by atoms with Crippen molar-refractivity contribution in [1.29, 1.82) is 0 Å². The van der Waals surface area contributed by atoms with Crippen LogP contribution in [0, 0.1) is 0 Å². The fraction of sp³-hybridized carbons (Fsp3) is 0.588. The fourth-order valence-electron chi connectivity index (χ4n) is 3.95. The number of alkyl halides is 3. The van der Waals surface area contributed by atoms with Gasteiger partial charge in [-0.1, -0.05) is 6.92 Å². The van der Waals surface area contributed by atoms with Crippen molar-refractivity contribution in [3.8, 4) is 0 Å². The highest BCUT2D eigenvalue weighted by Crippen LogP contribution is 2.42. The van der Waals surface area contributed by atoms with Gasteiger partial charge >= 0.3 is 6.18 Å². The summed E-state index contributed by atoms with van der Waals surface area (Å²) >= 11 is 0. The van der Waals surface area contributed by atoms with Gasteiger partial charge in [-0.25, -0.2) is 4.68 Å². The molecule has 0 aromatic carbocycles. The molecule has 1 unspecified atom stereocenters. The number of anilines is 1. The van der Waals surface area contributed by atoms with Crippen LogP contribution in [0.5, 0.6) is 0 Å². The van der Waals surface area contributed by atoms with Crippen LogP contribution in [0.3, 0.4) is 0 Å². The number of hydrogen-bond acceptors (Lipinski definition) is 4. The van der Waals surface area contributed by atoms with E-state index < -0.39 is 12.2 Å². The van der Waals surface area contributed by atoms with Gasteiger partial charge in [-0.05, 0) is 31.7 Å². The molecule has 3 atom stereocenters. The smallest absolute Gasteiger partial charge is 0.367 e. The zero-order chi connectivity index (χ0) is 19.2. The van der Waals surface area contributed by atoms with E-state index in [1.54, 1.807) is 17.0 Å². The number of carbonyl (C=O) groups excluding carboxylic acids is 1. The van der Waals surface area contributed by atoms with E-state index in [0.717, 1.165) is 11.1 Å². The lowest BCUT2D eigenvalue weighted by atomic mass is 10.0. The van der Waals surface area contributed by atoms with Gasteiger partial charge in [-0.3, -0.25) is 9.89 Å². The largest absolute Gasteiger partial charge is 0.410 e. The van der Waals surface area contributed by atoms with Crippen molar-refractivity contribution in [2.75, 3.05) is 11.9 Å². The second-order valence-electron chi connectivity index (χ2n) is 7.07. The van der Waals surface area contributed by atoms with Crippen LogP contribution in [0.1, 0.15) is 60.9 Å². The van der Waals surface area contributed by atoms with E-state index in [1.165, 1.54) is 6.20 Å². The molecule has 2 aliphatic rings. The lowest BCUT2D eigenvalue weighted by Crippen LogP contribution is -2.39. The van der Waals surface area contributed by atoms with Crippen LogP contribution < -0.4 is 5.32 Å². The Balaban J connectivity index is 1.65. The summed E-state index contributed by atoms with van der Waals surface area (Å²) in [6, 6.07) is 1.01. The molecule has 2 aliphatic heterocycles. The second-order valence-corrected chi connectivity index (χ2v) is 7.07. The highest BCUT2D eigenvalue weighted by molar-refractivity contribution is 5.92. The first-order valence-electron chi connectivity index (χ1n) is 9.11. The first-order chi connectivity index (χ1) is 12.9. The van der Waals surface area contributed by atoms with Gasteiger partial charge in [0.2, 0.25) is 0 Å². The van der Waals surface area contributed by atoms with Gasteiger partial charge in [0, 0.05) is 24.8 Å². The summed E-state index contributed by atoms with van der Waals surface area (Å²) in [5.41, 5.74) is 0.858. The van der Waals surface area contributed by atoms with Crippen molar-refractivity contribution in [2.45, 2.75) is 56.9 Å². The molecule has 4 rings (SSSR count). The lowest BCUT2D eigenvalue weighted by molar-refractivity contribution is -0.173. The van der Waals surface area contributed by atoms with Crippen molar-refractivity contribution >= 4 is 11.7 Å². The summed E-state index contributed by atoms with van der Waals surface area (Å²) in [7, 11) is 0. The standard InChI is InChI=1S/C17H21F3N6O/c1-2-10-8-14(17(18,19)20)26-15(22-10)9-12(24-26)13-4-3-7-25(13)16(27)11-5-6-21-23-11/h5-6,9-10,13-14,22H,2-4,7-8H2,1H3,(H,21,23)/t10-,13?,14-/m1/s1. The van der Waals surface area contributed by atoms with Crippen molar-refractivity contribution in [2.24, 2.45) is 0 Å². The van der Waals surface area contributed by atoms with E-state index in [4.69, 9.17) is 0 Å². The predicted octanol–water partition coefficient (Wildman–Crippen LogP) is 3.28. The monoisotopic (exact) mass is 382 g/mol. The summed E-state index contributed by atoms with van der Waals surface area (Å²) in [6.07, 6.45) is -0.869. The number of likely N-dealkylation sites (tertiary alicyclic amines) is 1. The van der Waals surface area contributed by atoms with Gasteiger partial charge in [0.1, 0.15) is 11.5 Å². The maximum absolute atomic E-state index is 13.5. The molecule has 0 spiro atoms. The Morgan fingerprint density at radius 3 is 2.89 bits per heavy atom. The number of nitrogens with zero attached hydrogens (tertiary/aromatic N) is 4.